The van der Waals surface area contributed by atoms with Gasteiger partial charge in [-0.15, -0.1) is 0 Å². The van der Waals surface area contributed by atoms with E-state index in [1.165, 1.54) is 4.90 Å². The molecule has 0 radical (unpaired) electrons. The Kier molecular flexibility index (Phi) is 3.91. The molecule has 0 aromatic heterocycles. The third kappa shape index (κ3) is 3.50. The fourth-order valence-electron chi connectivity index (χ4n) is 1.66. The molecule has 1 saturated carbocycles. The van der Waals surface area contributed by atoms with E-state index in [4.69, 9.17) is 0 Å². The van der Waals surface area contributed by atoms with Crippen LogP contribution in [0.3, 0.4) is 0 Å². The van der Waals surface area contributed by atoms with Crippen LogP contribution in [0.25, 0.3) is 0 Å². The zero-order valence-electron chi connectivity index (χ0n) is 10.2. The smallest absolute Gasteiger partial charge is 0.236 e. The highest BCUT2D eigenvalue weighted by molar-refractivity contribution is 5.78. The Hall–Kier alpha value is -1.49. The van der Waals surface area contributed by atoms with Crippen molar-refractivity contribution in [3.05, 3.63) is 35.4 Å². The Bertz CT molecular complexity index is 447. The Morgan fingerprint density at radius 3 is 2.83 bits per heavy atom. The first kappa shape index (κ1) is 13.0. The van der Waals surface area contributed by atoms with Crippen molar-refractivity contribution in [1.82, 2.24) is 10.2 Å². The van der Waals surface area contributed by atoms with Crippen LogP contribution >= 0.6 is 0 Å². The number of carbonyl (C=O) groups excluding carboxylic acids is 1. The fraction of sp³-hybridized carbons (Fsp3) is 0.462. The molecule has 0 spiro atoms. The first-order valence-electron chi connectivity index (χ1n) is 5.97. The van der Waals surface area contributed by atoms with Gasteiger partial charge in [-0.2, -0.15) is 0 Å². The largest absolute Gasteiger partial charge is 0.340 e. The highest BCUT2D eigenvalue weighted by Gasteiger charge is 2.22. The Morgan fingerprint density at radius 1 is 1.44 bits per heavy atom. The van der Waals surface area contributed by atoms with Gasteiger partial charge in [-0.05, 0) is 31.0 Å². The minimum Gasteiger partial charge on any atom is -0.340 e. The van der Waals surface area contributed by atoms with Crippen molar-refractivity contribution < 1.29 is 13.6 Å². The van der Waals surface area contributed by atoms with E-state index in [0.29, 0.717) is 6.04 Å². The Balaban J connectivity index is 1.90. The van der Waals surface area contributed by atoms with Crippen molar-refractivity contribution >= 4 is 5.91 Å². The number of amides is 1. The quantitative estimate of drug-likeness (QED) is 0.867. The summed E-state index contributed by atoms with van der Waals surface area (Å²) in [4.78, 5) is 13.1. The molecule has 1 aromatic rings. The third-order valence-corrected chi connectivity index (χ3v) is 2.96. The summed E-state index contributed by atoms with van der Waals surface area (Å²) in [5.74, 6) is -1.11. The third-order valence-electron chi connectivity index (χ3n) is 2.96. The van der Waals surface area contributed by atoms with Crippen LogP contribution in [-0.4, -0.2) is 30.4 Å². The van der Waals surface area contributed by atoms with E-state index in [2.05, 4.69) is 5.32 Å². The van der Waals surface area contributed by atoms with Crippen LogP contribution in [0.5, 0.6) is 0 Å². The number of hydrogen-bond acceptors (Lipinski definition) is 2. The van der Waals surface area contributed by atoms with Gasteiger partial charge in [0.15, 0.2) is 0 Å². The lowest BCUT2D eigenvalue weighted by Gasteiger charge is -2.18. The van der Waals surface area contributed by atoms with Crippen LogP contribution in [0.1, 0.15) is 18.4 Å². The molecular weight excluding hydrogens is 238 g/mol. The molecular formula is C13H16F2N2O. The van der Waals surface area contributed by atoms with E-state index >= 15 is 0 Å². The standard InChI is InChI=1S/C13H16F2N2O/c1-17(13(18)7-16-11-3-4-11)8-9-6-10(14)2-5-12(9)15/h2,5-6,11,16H,3-4,7-8H2,1H3. The van der Waals surface area contributed by atoms with Gasteiger partial charge >= 0.3 is 0 Å². The van der Waals surface area contributed by atoms with E-state index in [9.17, 15) is 13.6 Å². The lowest BCUT2D eigenvalue weighted by molar-refractivity contribution is -0.129. The van der Waals surface area contributed by atoms with Crippen molar-refractivity contribution in [2.75, 3.05) is 13.6 Å². The van der Waals surface area contributed by atoms with Gasteiger partial charge in [-0.25, -0.2) is 8.78 Å². The number of halogens is 2. The number of nitrogens with zero attached hydrogens (tertiary/aromatic N) is 1. The average Bonchev–Trinajstić information content (AvgIpc) is 3.14. The second-order valence-electron chi connectivity index (χ2n) is 4.64. The number of hydrogen-bond donors (Lipinski definition) is 1. The van der Waals surface area contributed by atoms with Crippen LogP contribution in [0.15, 0.2) is 18.2 Å². The summed E-state index contributed by atoms with van der Waals surface area (Å²) >= 11 is 0. The molecule has 0 aliphatic heterocycles. The summed E-state index contributed by atoms with van der Waals surface area (Å²) in [5.41, 5.74) is 0.192. The molecule has 98 valence electrons. The Labute approximate surface area is 105 Å². The van der Waals surface area contributed by atoms with E-state index in [-0.39, 0.29) is 24.6 Å². The second-order valence-corrected chi connectivity index (χ2v) is 4.64. The number of benzene rings is 1. The molecule has 0 unspecified atom stereocenters. The van der Waals surface area contributed by atoms with Gasteiger partial charge in [-0.3, -0.25) is 4.79 Å². The molecule has 2 rings (SSSR count). The first-order chi connectivity index (χ1) is 8.56. The molecule has 1 aromatic carbocycles. The molecule has 5 heteroatoms. The molecule has 1 N–H and O–H groups in total. The van der Waals surface area contributed by atoms with Crippen LogP contribution in [0.2, 0.25) is 0 Å². The fourth-order valence-corrected chi connectivity index (χ4v) is 1.66. The summed E-state index contributed by atoms with van der Waals surface area (Å²) in [7, 11) is 1.58. The lowest BCUT2D eigenvalue weighted by Crippen LogP contribution is -2.36. The summed E-state index contributed by atoms with van der Waals surface area (Å²) in [6.07, 6.45) is 2.21. The predicted molar refractivity (Wildman–Crippen MR) is 63.9 cm³/mol. The van der Waals surface area contributed by atoms with Gasteiger partial charge < -0.3 is 10.2 Å². The summed E-state index contributed by atoms with van der Waals surface area (Å²) in [6, 6.07) is 3.71. The van der Waals surface area contributed by atoms with E-state index in [1.807, 2.05) is 0 Å². The molecule has 3 nitrogen and oxygen atoms in total. The van der Waals surface area contributed by atoms with Crippen LogP contribution in [0, 0.1) is 11.6 Å². The molecule has 18 heavy (non-hydrogen) atoms. The van der Waals surface area contributed by atoms with Gasteiger partial charge in [-0.1, -0.05) is 0 Å². The maximum atomic E-state index is 13.4. The van der Waals surface area contributed by atoms with Crippen molar-refractivity contribution in [1.29, 1.82) is 0 Å². The van der Waals surface area contributed by atoms with Crippen LogP contribution in [0.4, 0.5) is 8.78 Å². The normalized spacial score (nSPS) is 14.6. The van der Waals surface area contributed by atoms with E-state index in [0.717, 1.165) is 31.0 Å². The van der Waals surface area contributed by atoms with Gasteiger partial charge in [0.2, 0.25) is 5.91 Å². The maximum absolute atomic E-state index is 13.4. The average molecular weight is 254 g/mol. The van der Waals surface area contributed by atoms with Crippen LogP contribution < -0.4 is 5.32 Å². The summed E-state index contributed by atoms with van der Waals surface area (Å²) < 4.78 is 26.4. The molecule has 1 aliphatic carbocycles. The molecule has 1 fully saturated rings. The molecule has 1 aliphatic rings. The minimum absolute atomic E-state index is 0.0781. The molecule has 0 bridgehead atoms. The first-order valence-corrected chi connectivity index (χ1v) is 5.97. The second kappa shape index (κ2) is 5.44. The number of rotatable bonds is 5. The highest BCUT2D eigenvalue weighted by atomic mass is 19.1. The van der Waals surface area contributed by atoms with Gasteiger partial charge in [0.1, 0.15) is 11.6 Å². The lowest BCUT2D eigenvalue weighted by atomic mass is 10.2. The van der Waals surface area contributed by atoms with Crippen molar-refractivity contribution in [2.24, 2.45) is 0 Å². The Morgan fingerprint density at radius 2 is 2.17 bits per heavy atom. The number of carbonyl (C=O) groups is 1. The van der Waals surface area contributed by atoms with Gasteiger partial charge in [0.05, 0.1) is 6.54 Å². The topological polar surface area (TPSA) is 32.3 Å². The molecule has 0 heterocycles. The molecule has 0 atom stereocenters. The number of likely N-dealkylation sites (N-methyl/N-ethyl adjacent to an activating group) is 1. The van der Waals surface area contributed by atoms with E-state index in [1.54, 1.807) is 7.05 Å². The predicted octanol–water partition coefficient (Wildman–Crippen LogP) is 1.68. The van der Waals surface area contributed by atoms with Crippen molar-refractivity contribution in [2.45, 2.75) is 25.4 Å². The maximum Gasteiger partial charge on any atom is 0.236 e. The zero-order chi connectivity index (χ0) is 13.1. The number of nitrogens with one attached hydrogen (secondary N) is 1. The monoisotopic (exact) mass is 254 g/mol. The SMILES string of the molecule is CN(Cc1cc(F)ccc1F)C(=O)CNC1CC1. The van der Waals surface area contributed by atoms with Gasteiger partial charge in [0.25, 0.3) is 0 Å². The summed E-state index contributed by atoms with van der Waals surface area (Å²) in [5, 5.41) is 3.09. The minimum atomic E-state index is -0.497. The van der Waals surface area contributed by atoms with Crippen LogP contribution in [-0.2, 0) is 11.3 Å². The highest BCUT2D eigenvalue weighted by Crippen LogP contribution is 2.18. The van der Waals surface area contributed by atoms with E-state index < -0.39 is 11.6 Å². The van der Waals surface area contributed by atoms with Gasteiger partial charge in [0, 0.05) is 25.2 Å². The molecule has 1 amide bonds. The summed E-state index contributed by atoms with van der Waals surface area (Å²) in [6.45, 7) is 0.326. The molecule has 0 saturated heterocycles. The van der Waals surface area contributed by atoms with Crippen molar-refractivity contribution in [3.8, 4) is 0 Å². The zero-order valence-corrected chi connectivity index (χ0v) is 10.2. The van der Waals surface area contributed by atoms with Crippen molar-refractivity contribution in [3.63, 3.8) is 0 Å².